The summed E-state index contributed by atoms with van der Waals surface area (Å²) in [7, 11) is 1.28. The van der Waals surface area contributed by atoms with E-state index in [9.17, 15) is 19.2 Å². The van der Waals surface area contributed by atoms with Crippen molar-refractivity contribution in [2.24, 2.45) is 11.3 Å². The lowest BCUT2D eigenvalue weighted by molar-refractivity contribution is -0.147. The quantitative estimate of drug-likeness (QED) is 0.380. The van der Waals surface area contributed by atoms with E-state index in [0.717, 1.165) is 5.56 Å². The number of methoxy groups -OCH3 is 1. The molecule has 200 valence electrons. The molecule has 37 heavy (non-hydrogen) atoms. The molecule has 2 aromatic carbocycles. The van der Waals surface area contributed by atoms with Gasteiger partial charge in [0.05, 0.1) is 12.5 Å². The molecule has 2 rings (SSSR count). The van der Waals surface area contributed by atoms with E-state index in [4.69, 9.17) is 4.74 Å². The zero-order valence-electron chi connectivity index (χ0n) is 22.5. The Bertz CT molecular complexity index is 1050. The molecule has 0 fully saturated rings. The van der Waals surface area contributed by atoms with E-state index in [-0.39, 0.29) is 24.2 Å². The predicted octanol–water partition coefficient (Wildman–Crippen LogP) is 3.26. The first-order valence-electron chi connectivity index (χ1n) is 12.5. The highest BCUT2D eigenvalue weighted by Gasteiger charge is 2.40. The van der Waals surface area contributed by atoms with Crippen molar-refractivity contribution in [3.63, 3.8) is 0 Å². The maximum absolute atomic E-state index is 13.5. The van der Waals surface area contributed by atoms with E-state index in [1.165, 1.54) is 7.11 Å². The summed E-state index contributed by atoms with van der Waals surface area (Å²) in [6.45, 7) is 9.07. The molecule has 0 radical (unpaired) electrons. The minimum Gasteiger partial charge on any atom is -0.467 e. The molecule has 0 heterocycles. The van der Waals surface area contributed by atoms with Crippen LogP contribution < -0.4 is 16.0 Å². The zero-order valence-corrected chi connectivity index (χ0v) is 22.5. The SMILES string of the molecule is COC(=O)[C@H](Cc1ccccc1)NC(=O)C(C)(C)[C@H](CC(C)C)NC(=O)[C@H](C)NC(=O)c1ccccc1. The van der Waals surface area contributed by atoms with Gasteiger partial charge in [0.2, 0.25) is 11.8 Å². The fourth-order valence-corrected chi connectivity index (χ4v) is 3.92. The monoisotopic (exact) mass is 509 g/mol. The minimum absolute atomic E-state index is 0.173. The van der Waals surface area contributed by atoms with Gasteiger partial charge in [-0.3, -0.25) is 14.4 Å². The molecule has 0 aliphatic carbocycles. The van der Waals surface area contributed by atoms with Gasteiger partial charge < -0.3 is 20.7 Å². The molecule has 0 spiro atoms. The number of hydrogen-bond donors (Lipinski definition) is 3. The summed E-state index contributed by atoms with van der Waals surface area (Å²) in [5, 5.41) is 8.50. The van der Waals surface area contributed by atoms with Crippen LogP contribution in [0.2, 0.25) is 0 Å². The van der Waals surface area contributed by atoms with Gasteiger partial charge in [-0.1, -0.05) is 62.4 Å². The number of rotatable bonds is 12. The van der Waals surface area contributed by atoms with Gasteiger partial charge in [-0.2, -0.15) is 0 Å². The first kappa shape index (κ1) is 29.5. The second-order valence-electron chi connectivity index (χ2n) is 10.2. The summed E-state index contributed by atoms with van der Waals surface area (Å²) in [6, 6.07) is 15.7. The standard InChI is InChI=1S/C29H39N3O5/c1-19(2)17-24(32-25(33)20(3)30-26(34)22-15-11-8-12-16-22)29(4,5)28(36)31-23(27(35)37-6)18-21-13-9-7-10-14-21/h7-16,19-20,23-24H,17-18H2,1-6H3,(H,30,34)(H,31,36)(H,32,33)/t20-,23-,24-/m0/s1. The number of hydrogen-bond acceptors (Lipinski definition) is 5. The smallest absolute Gasteiger partial charge is 0.328 e. The van der Waals surface area contributed by atoms with E-state index < -0.39 is 35.4 Å². The van der Waals surface area contributed by atoms with Crippen LogP contribution in [0, 0.1) is 11.3 Å². The molecule has 2 aromatic rings. The van der Waals surface area contributed by atoms with Crippen molar-refractivity contribution >= 4 is 23.7 Å². The van der Waals surface area contributed by atoms with Crippen molar-refractivity contribution in [3.05, 3.63) is 71.8 Å². The highest BCUT2D eigenvalue weighted by molar-refractivity contribution is 5.97. The molecule has 0 aliphatic rings. The Hall–Kier alpha value is -3.68. The fraction of sp³-hybridized carbons (Fsp3) is 0.448. The summed E-state index contributed by atoms with van der Waals surface area (Å²) in [5.74, 6) is -1.51. The Kier molecular flexibility index (Phi) is 10.8. The molecule has 0 unspecified atom stereocenters. The van der Waals surface area contributed by atoms with Crippen LogP contribution in [0.25, 0.3) is 0 Å². The van der Waals surface area contributed by atoms with Gasteiger partial charge in [0.15, 0.2) is 0 Å². The van der Waals surface area contributed by atoms with Crippen LogP contribution in [0.3, 0.4) is 0 Å². The molecule has 8 heteroatoms. The van der Waals surface area contributed by atoms with E-state index in [0.29, 0.717) is 12.0 Å². The number of carbonyl (C=O) groups excluding carboxylic acids is 4. The van der Waals surface area contributed by atoms with E-state index in [1.807, 2.05) is 44.2 Å². The lowest BCUT2D eigenvalue weighted by atomic mass is 9.78. The van der Waals surface area contributed by atoms with E-state index in [2.05, 4.69) is 16.0 Å². The number of ether oxygens (including phenoxy) is 1. The molecule has 8 nitrogen and oxygen atoms in total. The first-order chi connectivity index (χ1) is 17.4. The van der Waals surface area contributed by atoms with Gasteiger partial charge in [0.1, 0.15) is 12.1 Å². The molecule has 0 aliphatic heterocycles. The van der Waals surface area contributed by atoms with Crippen molar-refractivity contribution in [2.45, 2.75) is 65.6 Å². The van der Waals surface area contributed by atoms with Crippen LogP contribution >= 0.6 is 0 Å². The van der Waals surface area contributed by atoms with E-state index in [1.54, 1.807) is 51.1 Å². The van der Waals surface area contributed by atoms with Crippen LogP contribution in [-0.4, -0.2) is 48.9 Å². The summed E-state index contributed by atoms with van der Waals surface area (Å²) >= 11 is 0. The topological polar surface area (TPSA) is 114 Å². The largest absolute Gasteiger partial charge is 0.467 e. The van der Waals surface area contributed by atoms with Gasteiger partial charge in [0, 0.05) is 18.0 Å². The van der Waals surface area contributed by atoms with Gasteiger partial charge in [0.25, 0.3) is 5.91 Å². The highest BCUT2D eigenvalue weighted by atomic mass is 16.5. The summed E-state index contributed by atoms with van der Waals surface area (Å²) in [4.78, 5) is 51.5. The van der Waals surface area contributed by atoms with Gasteiger partial charge >= 0.3 is 5.97 Å². The summed E-state index contributed by atoms with van der Waals surface area (Å²) in [6.07, 6.45) is 0.798. The molecular weight excluding hydrogens is 470 g/mol. The Morgan fingerprint density at radius 1 is 0.838 bits per heavy atom. The third-order valence-electron chi connectivity index (χ3n) is 6.33. The molecular formula is C29H39N3O5. The van der Waals surface area contributed by atoms with Crippen molar-refractivity contribution < 1.29 is 23.9 Å². The lowest BCUT2D eigenvalue weighted by Crippen LogP contribution is -2.58. The Balaban J connectivity index is 2.15. The summed E-state index contributed by atoms with van der Waals surface area (Å²) in [5.41, 5.74) is 0.269. The molecule has 0 bridgehead atoms. The third kappa shape index (κ3) is 8.74. The average molecular weight is 510 g/mol. The second-order valence-corrected chi connectivity index (χ2v) is 10.2. The van der Waals surface area contributed by atoms with Crippen molar-refractivity contribution in [3.8, 4) is 0 Å². The maximum Gasteiger partial charge on any atom is 0.328 e. The third-order valence-corrected chi connectivity index (χ3v) is 6.33. The normalized spacial score (nSPS) is 13.7. The van der Waals surface area contributed by atoms with Crippen molar-refractivity contribution in [1.29, 1.82) is 0 Å². The Morgan fingerprint density at radius 2 is 1.41 bits per heavy atom. The number of amides is 3. The van der Waals surface area contributed by atoms with Crippen LogP contribution in [0.15, 0.2) is 60.7 Å². The van der Waals surface area contributed by atoms with Gasteiger partial charge in [-0.15, -0.1) is 0 Å². The van der Waals surface area contributed by atoms with Crippen LogP contribution in [-0.2, 0) is 25.5 Å². The number of esters is 1. The van der Waals surface area contributed by atoms with E-state index >= 15 is 0 Å². The number of benzene rings is 2. The molecule has 3 amide bonds. The van der Waals surface area contributed by atoms with Crippen LogP contribution in [0.4, 0.5) is 0 Å². The molecule has 0 saturated carbocycles. The predicted molar refractivity (Wildman–Crippen MR) is 143 cm³/mol. The second kappa shape index (κ2) is 13.6. The van der Waals surface area contributed by atoms with Gasteiger partial charge in [-0.05, 0) is 50.8 Å². The van der Waals surface area contributed by atoms with Crippen molar-refractivity contribution in [1.82, 2.24) is 16.0 Å². The fourth-order valence-electron chi connectivity index (χ4n) is 3.92. The minimum atomic E-state index is -1.06. The summed E-state index contributed by atoms with van der Waals surface area (Å²) < 4.78 is 4.93. The highest BCUT2D eigenvalue weighted by Crippen LogP contribution is 2.27. The molecule has 0 aromatic heterocycles. The van der Waals surface area contributed by atoms with Crippen molar-refractivity contribution in [2.75, 3.05) is 7.11 Å². The van der Waals surface area contributed by atoms with Crippen LogP contribution in [0.5, 0.6) is 0 Å². The maximum atomic E-state index is 13.5. The van der Waals surface area contributed by atoms with Crippen LogP contribution in [0.1, 0.15) is 57.0 Å². The number of nitrogens with one attached hydrogen (secondary N) is 3. The lowest BCUT2D eigenvalue weighted by Gasteiger charge is -2.36. The Labute approximate surface area is 219 Å². The molecule has 0 saturated heterocycles. The Morgan fingerprint density at radius 3 is 1.95 bits per heavy atom. The average Bonchev–Trinajstić information content (AvgIpc) is 2.88. The first-order valence-corrected chi connectivity index (χ1v) is 12.5. The zero-order chi connectivity index (χ0) is 27.6. The molecule has 3 atom stereocenters. The van der Waals surface area contributed by atoms with Gasteiger partial charge in [-0.25, -0.2) is 4.79 Å². The molecule has 3 N–H and O–H groups in total. The number of carbonyl (C=O) groups is 4.